The van der Waals surface area contributed by atoms with Crippen molar-refractivity contribution >= 4 is 23.5 Å². The number of anilines is 1. The first kappa shape index (κ1) is 38.7. The molecule has 246 valence electrons. The Morgan fingerprint density at radius 1 is 0.956 bits per heavy atom. The van der Waals surface area contributed by atoms with Gasteiger partial charge in [0.15, 0.2) is 0 Å². The third-order valence-corrected chi connectivity index (χ3v) is 6.52. The summed E-state index contributed by atoms with van der Waals surface area (Å²) in [6, 6.07) is 14.9. The van der Waals surface area contributed by atoms with Crippen LogP contribution >= 0.6 is 0 Å². The minimum Gasteiger partial charge on any atom is -0.489 e. The molecule has 0 aliphatic rings. The molecule has 0 radical (unpaired) electrons. The average molecular weight is 621 g/mol. The molecule has 8 nitrogen and oxygen atoms in total. The van der Waals surface area contributed by atoms with E-state index in [1.54, 1.807) is 12.1 Å². The zero-order valence-corrected chi connectivity index (χ0v) is 27.5. The molecule has 0 aliphatic carbocycles. The maximum absolute atomic E-state index is 12.8. The summed E-state index contributed by atoms with van der Waals surface area (Å²) in [6.07, 6.45) is 16.7. The number of aromatic carboxylic acids is 1. The van der Waals surface area contributed by atoms with Gasteiger partial charge in [-0.1, -0.05) is 108 Å². The summed E-state index contributed by atoms with van der Waals surface area (Å²) in [5, 5.41) is 21.2. The van der Waals surface area contributed by atoms with Crippen LogP contribution in [0.2, 0.25) is 0 Å². The molecule has 2 aromatic carbocycles. The second kappa shape index (κ2) is 24.0. The van der Waals surface area contributed by atoms with Crippen LogP contribution in [0.15, 0.2) is 84.7 Å². The number of ether oxygens (including phenoxy) is 1. The Bertz CT molecular complexity index is 1240. The second-order valence-corrected chi connectivity index (χ2v) is 10.7. The van der Waals surface area contributed by atoms with Gasteiger partial charge in [0.1, 0.15) is 12.4 Å². The number of amides is 1. The first-order valence-corrected chi connectivity index (χ1v) is 16.0. The van der Waals surface area contributed by atoms with Gasteiger partial charge in [0.05, 0.1) is 18.5 Å². The predicted molar refractivity (Wildman–Crippen MR) is 183 cm³/mol. The van der Waals surface area contributed by atoms with Crippen molar-refractivity contribution in [3.05, 3.63) is 101 Å². The van der Waals surface area contributed by atoms with Crippen molar-refractivity contribution in [2.24, 2.45) is 0 Å². The van der Waals surface area contributed by atoms with E-state index in [0.717, 1.165) is 43.2 Å². The lowest BCUT2D eigenvalue weighted by molar-refractivity contribution is -0.136. The van der Waals surface area contributed by atoms with Crippen LogP contribution in [0.25, 0.3) is 0 Å². The molecule has 0 saturated heterocycles. The fourth-order valence-electron chi connectivity index (χ4n) is 4.32. The Morgan fingerprint density at radius 2 is 1.67 bits per heavy atom. The standard InChI is InChI=1S/C34H44N2O6.C3H8/c1-3-5-6-7-11-17-28-19-20-29(34(40)41)24-31(28)36(25-32(37)35-22-21-33(38)39)23-13-12-18-30(14-4-2)42-26-27-15-9-8-10-16-27;1-3-2/h4,8-10,12-16,18-20,24H,3,5-7,11,17,21-23,25-26H2,1-2H3,(H,35,37)(H,38,39)(H,40,41);3H2,1-2H3/b13-12+,14-4-,30-18+;. The molecule has 0 spiro atoms. The Hall–Kier alpha value is -4.33. The van der Waals surface area contributed by atoms with Crippen LogP contribution in [-0.4, -0.2) is 47.7 Å². The number of carboxylic acids is 2. The summed E-state index contributed by atoms with van der Waals surface area (Å²) in [7, 11) is 0. The topological polar surface area (TPSA) is 116 Å². The molecule has 2 aromatic rings. The van der Waals surface area contributed by atoms with Crippen LogP contribution in [0.4, 0.5) is 5.69 Å². The molecule has 0 saturated carbocycles. The minimum absolute atomic E-state index is 0.0193. The predicted octanol–water partition coefficient (Wildman–Crippen LogP) is 7.94. The molecule has 0 bridgehead atoms. The van der Waals surface area contributed by atoms with E-state index in [9.17, 15) is 19.5 Å². The Kier molecular flexibility index (Phi) is 20.7. The Morgan fingerprint density at radius 3 is 2.31 bits per heavy atom. The number of carbonyl (C=O) groups excluding carboxylic acids is 1. The summed E-state index contributed by atoms with van der Waals surface area (Å²) in [5.74, 6) is -1.69. The van der Waals surface area contributed by atoms with E-state index in [4.69, 9.17) is 9.84 Å². The molecule has 1 amide bonds. The molecular weight excluding hydrogens is 568 g/mol. The number of allylic oxidation sites excluding steroid dienone is 4. The first-order valence-electron chi connectivity index (χ1n) is 16.0. The van der Waals surface area contributed by atoms with E-state index in [1.807, 2.05) is 78.6 Å². The van der Waals surface area contributed by atoms with Crippen LogP contribution in [0, 0.1) is 0 Å². The number of nitrogens with one attached hydrogen (secondary N) is 1. The van der Waals surface area contributed by atoms with Gasteiger partial charge < -0.3 is 25.2 Å². The number of carbonyl (C=O) groups is 3. The third-order valence-electron chi connectivity index (χ3n) is 6.52. The minimum atomic E-state index is -1.04. The van der Waals surface area contributed by atoms with Crippen molar-refractivity contribution in [3.63, 3.8) is 0 Å². The van der Waals surface area contributed by atoms with Crippen LogP contribution in [0.5, 0.6) is 0 Å². The highest BCUT2D eigenvalue weighted by Gasteiger charge is 2.17. The largest absolute Gasteiger partial charge is 0.489 e. The maximum Gasteiger partial charge on any atom is 0.335 e. The number of aliphatic carboxylic acids is 1. The first-order chi connectivity index (χ1) is 21.7. The molecule has 2 rings (SSSR count). The summed E-state index contributed by atoms with van der Waals surface area (Å²) in [4.78, 5) is 37.3. The quantitative estimate of drug-likeness (QED) is 0.0782. The summed E-state index contributed by atoms with van der Waals surface area (Å²) in [5.41, 5.74) is 2.85. The number of unbranched alkanes of at least 4 members (excludes halogenated alkanes) is 4. The van der Waals surface area contributed by atoms with E-state index in [-0.39, 0.29) is 31.0 Å². The number of carboxylic acid groups (broad SMARTS) is 2. The fraction of sp³-hybridized carbons (Fsp3) is 0.432. The van der Waals surface area contributed by atoms with Crippen molar-refractivity contribution < 1.29 is 29.3 Å². The van der Waals surface area contributed by atoms with Gasteiger partial charge in [0.2, 0.25) is 5.91 Å². The maximum atomic E-state index is 12.8. The normalized spacial score (nSPS) is 11.2. The van der Waals surface area contributed by atoms with Gasteiger partial charge in [0.25, 0.3) is 0 Å². The lowest BCUT2D eigenvalue weighted by Crippen LogP contribution is -2.38. The van der Waals surface area contributed by atoms with Crippen molar-refractivity contribution in [2.45, 2.75) is 85.7 Å². The Balaban J connectivity index is 0.00000324. The van der Waals surface area contributed by atoms with Crippen molar-refractivity contribution in [1.82, 2.24) is 5.32 Å². The van der Waals surface area contributed by atoms with Gasteiger partial charge in [-0.3, -0.25) is 9.59 Å². The Labute approximate surface area is 269 Å². The second-order valence-electron chi connectivity index (χ2n) is 10.7. The summed E-state index contributed by atoms with van der Waals surface area (Å²) >= 11 is 0. The van der Waals surface area contributed by atoms with Crippen LogP contribution in [0.1, 0.15) is 94.1 Å². The van der Waals surface area contributed by atoms with Crippen LogP contribution in [-0.2, 0) is 27.4 Å². The van der Waals surface area contributed by atoms with Gasteiger partial charge >= 0.3 is 11.9 Å². The molecule has 0 aliphatic heterocycles. The number of aryl methyl sites for hydroxylation is 1. The van der Waals surface area contributed by atoms with E-state index in [1.165, 1.54) is 12.8 Å². The smallest absolute Gasteiger partial charge is 0.335 e. The zero-order chi connectivity index (χ0) is 33.3. The summed E-state index contributed by atoms with van der Waals surface area (Å²) in [6.45, 7) is 9.06. The highest BCUT2D eigenvalue weighted by Crippen LogP contribution is 2.25. The van der Waals surface area contributed by atoms with Gasteiger partial charge in [-0.05, 0) is 55.2 Å². The van der Waals surface area contributed by atoms with Gasteiger partial charge in [0, 0.05) is 18.8 Å². The third kappa shape index (κ3) is 17.5. The molecule has 0 fully saturated rings. The number of nitrogens with zero attached hydrogens (tertiary/aromatic N) is 1. The lowest BCUT2D eigenvalue weighted by Gasteiger charge is -2.26. The van der Waals surface area contributed by atoms with Crippen molar-refractivity contribution in [3.8, 4) is 0 Å². The number of hydrogen-bond acceptors (Lipinski definition) is 5. The molecule has 45 heavy (non-hydrogen) atoms. The van der Waals surface area contributed by atoms with E-state index in [0.29, 0.717) is 24.6 Å². The molecule has 0 unspecified atom stereocenters. The monoisotopic (exact) mass is 620 g/mol. The zero-order valence-electron chi connectivity index (χ0n) is 27.5. The van der Waals surface area contributed by atoms with Crippen LogP contribution < -0.4 is 10.2 Å². The lowest BCUT2D eigenvalue weighted by atomic mass is 10.0. The van der Waals surface area contributed by atoms with Gasteiger partial charge in [-0.2, -0.15) is 0 Å². The molecular formula is C37H52N2O6. The molecule has 0 aromatic heterocycles. The number of benzene rings is 2. The van der Waals surface area contributed by atoms with E-state index >= 15 is 0 Å². The number of hydrogen-bond donors (Lipinski definition) is 3. The number of rotatable bonds is 20. The highest BCUT2D eigenvalue weighted by molar-refractivity contribution is 5.90. The molecule has 8 heteroatoms. The molecule has 3 N–H and O–H groups in total. The SMILES string of the molecule is CCC.C\C=C/C(=C\C=C\CN(CC(=O)NCCC(=O)O)c1cc(C(=O)O)ccc1CCCCCCC)OCc1ccccc1. The van der Waals surface area contributed by atoms with Crippen molar-refractivity contribution in [1.29, 1.82) is 0 Å². The van der Waals surface area contributed by atoms with E-state index < -0.39 is 11.9 Å². The van der Waals surface area contributed by atoms with Gasteiger partial charge in [-0.25, -0.2) is 4.79 Å². The molecule has 0 atom stereocenters. The molecule has 0 heterocycles. The van der Waals surface area contributed by atoms with Crippen LogP contribution in [0.3, 0.4) is 0 Å². The van der Waals surface area contributed by atoms with Gasteiger partial charge in [-0.15, -0.1) is 0 Å². The fourth-order valence-corrected chi connectivity index (χ4v) is 4.32. The van der Waals surface area contributed by atoms with Crippen molar-refractivity contribution in [2.75, 3.05) is 24.5 Å². The highest BCUT2D eigenvalue weighted by atomic mass is 16.5. The summed E-state index contributed by atoms with van der Waals surface area (Å²) < 4.78 is 5.95. The average Bonchev–Trinajstić information content (AvgIpc) is 3.02. The van der Waals surface area contributed by atoms with E-state index in [2.05, 4.69) is 26.1 Å².